The predicted octanol–water partition coefficient (Wildman–Crippen LogP) is 1.49. The van der Waals surface area contributed by atoms with Gasteiger partial charge >= 0.3 is 24.0 Å². The zero-order valence-electron chi connectivity index (χ0n) is 15.3. The smallest absolute Gasteiger partial charge is 0.408 e. The number of hydrogen-bond donors (Lipinski definition) is 2. The minimum Gasteiger partial charge on any atom is -0.479 e. The minimum atomic E-state index is -1.28. The molecule has 2 N–H and O–H groups in total. The molecule has 9 heteroatoms. The number of hydrogen-bond acceptors (Lipinski definition) is 7. The van der Waals surface area contributed by atoms with Crippen LogP contribution >= 0.6 is 0 Å². The molecule has 0 aromatic rings. The fraction of sp³-hybridized carbons (Fsp3) is 0.750. The van der Waals surface area contributed by atoms with Crippen molar-refractivity contribution < 1.29 is 38.5 Å². The van der Waals surface area contributed by atoms with Crippen molar-refractivity contribution in [2.75, 3.05) is 13.2 Å². The van der Waals surface area contributed by atoms with E-state index >= 15 is 0 Å². The molecule has 0 saturated carbocycles. The number of alkyl carbamates (subject to hydrolysis) is 1. The third kappa shape index (κ3) is 12.7. The molecule has 0 unspecified atom stereocenters. The fourth-order valence-corrected chi connectivity index (χ4v) is 1.52. The summed E-state index contributed by atoms with van der Waals surface area (Å²) in [6, 6.07) is -1.11. The second-order valence-corrected chi connectivity index (χ2v) is 6.82. The molecular weight excluding hydrogens is 334 g/mol. The summed E-state index contributed by atoms with van der Waals surface area (Å²) < 4.78 is 14.6. The Hall–Kier alpha value is -2.32. The third-order valence-electron chi connectivity index (χ3n) is 2.53. The Kier molecular flexibility index (Phi) is 9.55. The first-order chi connectivity index (χ1) is 11.4. The fourth-order valence-electron chi connectivity index (χ4n) is 1.52. The van der Waals surface area contributed by atoms with Gasteiger partial charge in [0.05, 0.1) is 6.61 Å². The molecule has 9 nitrogen and oxygen atoms in total. The van der Waals surface area contributed by atoms with Crippen LogP contribution in [0.5, 0.6) is 0 Å². The Morgan fingerprint density at radius 1 is 1.08 bits per heavy atom. The van der Waals surface area contributed by atoms with Crippen LogP contribution in [-0.4, -0.2) is 54.0 Å². The topological polar surface area (TPSA) is 128 Å². The van der Waals surface area contributed by atoms with Gasteiger partial charge in [0, 0.05) is 6.42 Å². The van der Waals surface area contributed by atoms with Crippen LogP contribution in [0.1, 0.15) is 47.5 Å². The molecule has 0 aliphatic heterocycles. The summed E-state index contributed by atoms with van der Waals surface area (Å²) >= 11 is 0. The van der Waals surface area contributed by atoms with Crippen LogP contribution in [0.3, 0.4) is 0 Å². The highest BCUT2D eigenvalue weighted by atomic mass is 16.6. The molecule has 0 fully saturated rings. The maximum absolute atomic E-state index is 12.1. The van der Waals surface area contributed by atoms with E-state index in [-0.39, 0.29) is 25.4 Å². The standard InChI is InChI=1S/C16H27NO8/c1-10(2)8-24-14(21)11(17-15(22)25-16(3,4)5)6-7-13(20)23-9-12(18)19/h10-11H,6-9H2,1-5H3,(H,17,22)(H,18,19)/t11-/m0/s1. The monoisotopic (exact) mass is 361 g/mol. The van der Waals surface area contributed by atoms with Crippen LogP contribution in [0.25, 0.3) is 0 Å². The second-order valence-electron chi connectivity index (χ2n) is 6.82. The highest BCUT2D eigenvalue weighted by Gasteiger charge is 2.26. The number of nitrogens with one attached hydrogen (secondary N) is 1. The predicted molar refractivity (Wildman–Crippen MR) is 86.8 cm³/mol. The molecule has 0 spiro atoms. The largest absolute Gasteiger partial charge is 0.479 e. The van der Waals surface area contributed by atoms with E-state index in [2.05, 4.69) is 10.1 Å². The van der Waals surface area contributed by atoms with Gasteiger partial charge in [0.15, 0.2) is 6.61 Å². The van der Waals surface area contributed by atoms with E-state index in [4.69, 9.17) is 14.6 Å². The van der Waals surface area contributed by atoms with Crippen LogP contribution in [0, 0.1) is 5.92 Å². The molecule has 0 aromatic carbocycles. The summed E-state index contributed by atoms with van der Waals surface area (Å²) in [5, 5.41) is 10.8. The van der Waals surface area contributed by atoms with Crippen molar-refractivity contribution in [2.45, 2.75) is 59.1 Å². The molecule has 0 aliphatic carbocycles. The number of carbonyl (C=O) groups is 4. The first-order valence-corrected chi connectivity index (χ1v) is 7.94. The van der Waals surface area contributed by atoms with Crippen molar-refractivity contribution in [1.82, 2.24) is 5.32 Å². The summed E-state index contributed by atoms with van der Waals surface area (Å²) in [5.41, 5.74) is -0.753. The summed E-state index contributed by atoms with van der Waals surface area (Å²) in [5.74, 6) is -2.68. The number of amides is 1. The third-order valence-corrected chi connectivity index (χ3v) is 2.53. The Morgan fingerprint density at radius 3 is 2.16 bits per heavy atom. The van der Waals surface area contributed by atoms with Gasteiger partial charge in [-0.25, -0.2) is 14.4 Å². The normalized spacial score (nSPS) is 12.2. The molecule has 0 radical (unpaired) electrons. The lowest BCUT2D eigenvalue weighted by molar-refractivity contribution is -0.155. The van der Waals surface area contributed by atoms with Gasteiger partial charge in [0.25, 0.3) is 0 Å². The molecule has 0 aromatic heterocycles. The van der Waals surface area contributed by atoms with Crippen LogP contribution < -0.4 is 5.32 Å². The minimum absolute atomic E-state index is 0.103. The number of esters is 2. The van der Waals surface area contributed by atoms with Gasteiger partial charge in [0.2, 0.25) is 0 Å². The van der Waals surface area contributed by atoms with Crippen molar-refractivity contribution in [3.63, 3.8) is 0 Å². The average Bonchev–Trinajstić information content (AvgIpc) is 2.44. The van der Waals surface area contributed by atoms with E-state index in [1.807, 2.05) is 13.8 Å². The van der Waals surface area contributed by atoms with Crippen molar-refractivity contribution in [3.05, 3.63) is 0 Å². The molecule has 0 aliphatic rings. The molecular formula is C16H27NO8. The molecule has 1 amide bonds. The summed E-state index contributed by atoms with van der Waals surface area (Å²) in [7, 11) is 0. The number of carboxylic acids is 1. The summed E-state index contributed by atoms with van der Waals surface area (Å²) in [6.45, 7) is 8.11. The van der Waals surface area contributed by atoms with E-state index < -0.39 is 42.3 Å². The Bertz CT molecular complexity index is 481. The van der Waals surface area contributed by atoms with Crippen molar-refractivity contribution >= 4 is 24.0 Å². The van der Waals surface area contributed by atoms with Gasteiger partial charge < -0.3 is 24.6 Å². The first kappa shape index (κ1) is 22.7. The summed E-state index contributed by atoms with van der Waals surface area (Å²) in [6.07, 6.45) is -1.18. The van der Waals surface area contributed by atoms with E-state index in [1.165, 1.54) is 0 Å². The average molecular weight is 361 g/mol. The Balaban J connectivity index is 4.71. The maximum atomic E-state index is 12.1. The quantitative estimate of drug-likeness (QED) is 0.467. The van der Waals surface area contributed by atoms with Crippen LogP contribution in [-0.2, 0) is 28.6 Å². The zero-order valence-corrected chi connectivity index (χ0v) is 15.3. The molecule has 1 atom stereocenters. The van der Waals surface area contributed by atoms with Crippen molar-refractivity contribution in [1.29, 1.82) is 0 Å². The van der Waals surface area contributed by atoms with Crippen LogP contribution in [0.15, 0.2) is 0 Å². The zero-order chi connectivity index (χ0) is 19.6. The first-order valence-electron chi connectivity index (χ1n) is 7.94. The van der Waals surface area contributed by atoms with E-state index in [0.717, 1.165) is 0 Å². The van der Waals surface area contributed by atoms with E-state index in [0.29, 0.717) is 0 Å². The van der Waals surface area contributed by atoms with Gasteiger partial charge in [-0.3, -0.25) is 4.79 Å². The number of ether oxygens (including phenoxy) is 3. The molecule has 25 heavy (non-hydrogen) atoms. The number of rotatable bonds is 9. The second kappa shape index (κ2) is 10.5. The maximum Gasteiger partial charge on any atom is 0.408 e. The van der Waals surface area contributed by atoms with E-state index in [9.17, 15) is 19.2 Å². The molecule has 0 saturated heterocycles. The lowest BCUT2D eigenvalue weighted by Gasteiger charge is -2.23. The molecule has 0 bridgehead atoms. The van der Waals surface area contributed by atoms with Gasteiger partial charge in [-0.15, -0.1) is 0 Å². The van der Waals surface area contributed by atoms with Gasteiger partial charge in [-0.2, -0.15) is 0 Å². The van der Waals surface area contributed by atoms with Crippen molar-refractivity contribution in [2.24, 2.45) is 5.92 Å². The lowest BCUT2D eigenvalue weighted by Crippen LogP contribution is -2.44. The van der Waals surface area contributed by atoms with Crippen molar-refractivity contribution in [3.8, 4) is 0 Å². The van der Waals surface area contributed by atoms with Gasteiger partial charge in [0.1, 0.15) is 11.6 Å². The molecule has 144 valence electrons. The van der Waals surface area contributed by atoms with Gasteiger partial charge in [-0.05, 0) is 33.1 Å². The number of carbonyl (C=O) groups excluding carboxylic acids is 3. The Labute approximate surface area is 147 Å². The lowest BCUT2D eigenvalue weighted by atomic mass is 10.1. The highest BCUT2D eigenvalue weighted by Crippen LogP contribution is 2.09. The molecule has 0 heterocycles. The van der Waals surface area contributed by atoms with E-state index in [1.54, 1.807) is 20.8 Å². The number of aliphatic carboxylic acids is 1. The van der Waals surface area contributed by atoms with Gasteiger partial charge in [-0.1, -0.05) is 13.8 Å². The van der Waals surface area contributed by atoms with Crippen LogP contribution in [0.2, 0.25) is 0 Å². The van der Waals surface area contributed by atoms with Crippen LogP contribution in [0.4, 0.5) is 4.79 Å². The molecule has 0 rings (SSSR count). The highest BCUT2D eigenvalue weighted by molar-refractivity contribution is 5.82. The Morgan fingerprint density at radius 2 is 1.68 bits per heavy atom. The SMILES string of the molecule is CC(C)COC(=O)[C@H](CCC(=O)OCC(=O)O)NC(=O)OC(C)(C)C. The number of carboxylic acid groups (broad SMARTS) is 1. The summed E-state index contributed by atoms with van der Waals surface area (Å²) in [4.78, 5) is 45.8.